The van der Waals surface area contributed by atoms with Gasteiger partial charge in [0.1, 0.15) is 11.2 Å². The zero-order valence-electron chi connectivity index (χ0n) is 10.1. The van der Waals surface area contributed by atoms with Crippen LogP contribution < -0.4 is 0 Å². The SMILES string of the molecule is COC(=O)[C@]1(C)C(=O)CC[C@@H]2CCCC[C@H]21. The molecule has 0 unspecified atom stereocenters. The molecule has 0 saturated heterocycles. The normalized spacial score (nSPS) is 39.0. The number of Topliss-reactive ketones (excluding diaryl/α,β-unsaturated/α-hetero) is 1. The Labute approximate surface area is 96.5 Å². The molecule has 0 radical (unpaired) electrons. The maximum absolute atomic E-state index is 12.1. The highest BCUT2D eigenvalue weighted by molar-refractivity contribution is 6.04. The van der Waals surface area contributed by atoms with Crippen molar-refractivity contribution in [3.05, 3.63) is 0 Å². The van der Waals surface area contributed by atoms with Gasteiger partial charge in [0.25, 0.3) is 0 Å². The monoisotopic (exact) mass is 224 g/mol. The van der Waals surface area contributed by atoms with E-state index < -0.39 is 5.41 Å². The number of carbonyl (C=O) groups excluding carboxylic acids is 2. The van der Waals surface area contributed by atoms with E-state index in [1.807, 2.05) is 0 Å². The molecule has 2 saturated carbocycles. The molecular weight excluding hydrogens is 204 g/mol. The molecule has 16 heavy (non-hydrogen) atoms. The second kappa shape index (κ2) is 4.19. The van der Waals surface area contributed by atoms with E-state index in [0.29, 0.717) is 12.3 Å². The Balaban J connectivity index is 2.30. The molecule has 0 aliphatic heterocycles. The van der Waals surface area contributed by atoms with Crippen LogP contribution in [0, 0.1) is 17.3 Å². The lowest BCUT2D eigenvalue weighted by Gasteiger charge is -2.45. The summed E-state index contributed by atoms with van der Waals surface area (Å²) in [4.78, 5) is 24.0. The minimum atomic E-state index is -0.863. The molecule has 0 aromatic carbocycles. The van der Waals surface area contributed by atoms with Crippen molar-refractivity contribution >= 4 is 11.8 Å². The number of esters is 1. The lowest BCUT2D eigenvalue weighted by atomic mass is 9.57. The van der Waals surface area contributed by atoms with E-state index >= 15 is 0 Å². The molecule has 3 atom stereocenters. The summed E-state index contributed by atoms with van der Waals surface area (Å²) in [5.74, 6) is 0.530. The van der Waals surface area contributed by atoms with Crippen molar-refractivity contribution in [3.8, 4) is 0 Å². The summed E-state index contributed by atoms with van der Waals surface area (Å²) in [5.41, 5.74) is -0.863. The Morgan fingerprint density at radius 1 is 1.31 bits per heavy atom. The number of hydrogen-bond acceptors (Lipinski definition) is 3. The number of fused-ring (bicyclic) bond motifs is 1. The summed E-state index contributed by atoms with van der Waals surface area (Å²) >= 11 is 0. The summed E-state index contributed by atoms with van der Waals surface area (Å²) in [6, 6.07) is 0. The molecule has 0 spiro atoms. The van der Waals surface area contributed by atoms with Crippen molar-refractivity contribution in [2.24, 2.45) is 17.3 Å². The van der Waals surface area contributed by atoms with Crippen LogP contribution in [0.25, 0.3) is 0 Å². The number of methoxy groups -OCH3 is 1. The average Bonchev–Trinajstić information content (AvgIpc) is 2.33. The topological polar surface area (TPSA) is 43.4 Å². The highest BCUT2D eigenvalue weighted by atomic mass is 16.5. The fraction of sp³-hybridized carbons (Fsp3) is 0.846. The van der Waals surface area contributed by atoms with Crippen molar-refractivity contribution in [2.45, 2.75) is 45.4 Å². The smallest absolute Gasteiger partial charge is 0.319 e. The third-order valence-corrected chi connectivity index (χ3v) is 4.58. The molecule has 3 heteroatoms. The molecule has 2 fully saturated rings. The summed E-state index contributed by atoms with van der Waals surface area (Å²) < 4.78 is 4.85. The van der Waals surface area contributed by atoms with Gasteiger partial charge in [-0.2, -0.15) is 0 Å². The first kappa shape index (κ1) is 11.6. The third-order valence-electron chi connectivity index (χ3n) is 4.58. The second-order valence-corrected chi connectivity index (χ2v) is 5.31. The van der Waals surface area contributed by atoms with Gasteiger partial charge in [0.15, 0.2) is 0 Å². The molecule has 0 amide bonds. The van der Waals surface area contributed by atoms with Crippen LogP contribution in [0.4, 0.5) is 0 Å². The molecule has 0 heterocycles. The second-order valence-electron chi connectivity index (χ2n) is 5.31. The molecule has 0 aromatic heterocycles. The van der Waals surface area contributed by atoms with E-state index in [2.05, 4.69) is 0 Å². The van der Waals surface area contributed by atoms with Gasteiger partial charge in [-0.1, -0.05) is 19.3 Å². The molecule has 0 bridgehead atoms. The molecule has 2 aliphatic rings. The first-order chi connectivity index (χ1) is 7.60. The van der Waals surface area contributed by atoms with Crippen molar-refractivity contribution < 1.29 is 14.3 Å². The fourth-order valence-corrected chi connectivity index (χ4v) is 3.57. The Bertz CT molecular complexity index is 300. The molecular formula is C13H20O3. The van der Waals surface area contributed by atoms with Gasteiger partial charge in [0, 0.05) is 6.42 Å². The quantitative estimate of drug-likeness (QED) is 0.507. The van der Waals surface area contributed by atoms with E-state index in [9.17, 15) is 9.59 Å². The molecule has 0 aromatic rings. The Kier molecular flexibility index (Phi) is 3.04. The average molecular weight is 224 g/mol. The lowest BCUT2D eigenvalue weighted by Crippen LogP contribution is -2.50. The van der Waals surface area contributed by atoms with Gasteiger partial charge < -0.3 is 4.74 Å². The summed E-state index contributed by atoms with van der Waals surface area (Å²) in [6.45, 7) is 1.79. The van der Waals surface area contributed by atoms with Crippen LogP contribution in [0.2, 0.25) is 0 Å². The van der Waals surface area contributed by atoms with Gasteiger partial charge in [-0.25, -0.2) is 0 Å². The lowest BCUT2D eigenvalue weighted by molar-refractivity contribution is -0.166. The zero-order valence-corrected chi connectivity index (χ0v) is 10.1. The highest BCUT2D eigenvalue weighted by Gasteiger charge is 2.54. The van der Waals surface area contributed by atoms with E-state index in [0.717, 1.165) is 19.3 Å². The van der Waals surface area contributed by atoms with Crippen molar-refractivity contribution in [2.75, 3.05) is 7.11 Å². The van der Waals surface area contributed by atoms with E-state index in [1.54, 1.807) is 6.92 Å². The van der Waals surface area contributed by atoms with Gasteiger partial charge >= 0.3 is 5.97 Å². The number of ketones is 1. The van der Waals surface area contributed by atoms with E-state index in [-0.39, 0.29) is 17.7 Å². The van der Waals surface area contributed by atoms with Crippen LogP contribution in [0.15, 0.2) is 0 Å². The van der Waals surface area contributed by atoms with Gasteiger partial charge in [-0.05, 0) is 31.6 Å². The number of rotatable bonds is 1. The van der Waals surface area contributed by atoms with E-state index in [4.69, 9.17) is 4.74 Å². The van der Waals surface area contributed by atoms with Crippen LogP contribution in [-0.2, 0) is 14.3 Å². The molecule has 2 aliphatic carbocycles. The van der Waals surface area contributed by atoms with Crippen LogP contribution >= 0.6 is 0 Å². The minimum absolute atomic E-state index is 0.0856. The predicted octanol–water partition coefficient (Wildman–Crippen LogP) is 2.33. The van der Waals surface area contributed by atoms with Crippen LogP contribution in [0.1, 0.15) is 45.4 Å². The van der Waals surface area contributed by atoms with Gasteiger partial charge in [0.05, 0.1) is 7.11 Å². The Hall–Kier alpha value is -0.860. The van der Waals surface area contributed by atoms with E-state index in [1.165, 1.54) is 20.0 Å². The highest BCUT2D eigenvalue weighted by Crippen LogP contribution is 2.49. The molecule has 2 rings (SSSR count). The van der Waals surface area contributed by atoms with Crippen molar-refractivity contribution in [1.29, 1.82) is 0 Å². The maximum Gasteiger partial charge on any atom is 0.319 e. The van der Waals surface area contributed by atoms with Crippen LogP contribution in [0.5, 0.6) is 0 Å². The number of ether oxygens (including phenoxy) is 1. The number of hydrogen-bond donors (Lipinski definition) is 0. The number of carbonyl (C=O) groups is 2. The van der Waals surface area contributed by atoms with Gasteiger partial charge in [-0.3, -0.25) is 9.59 Å². The Morgan fingerprint density at radius 3 is 2.69 bits per heavy atom. The van der Waals surface area contributed by atoms with Crippen molar-refractivity contribution in [1.82, 2.24) is 0 Å². The Morgan fingerprint density at radius 2 is 2.00 bits per heavy atom. The predicted molar refractivity (Wildman–Crippen MR) is 59.8 cm³/mol. The van der Waals surface area contributed by atoms with Gasteiger partial charge in [0.2, 0.25) is 0 Å². The first-order valence-electron chi connectivity index (χ1n) is 6.22. The molecule has 0 N–H and O–H groups in total. The van der Waals surface area contributed by atoms with Crippen LogP contribution in [0.3, 0.4) is 0 Å². The maximum atomic E-state index is 12.1. The minimum Gasteiger partial charge on any atom is -0.468 e. The largest absolute Gasteiger partial charge is 0.468 e. The van der Waals surface area contributed by atoms with Crippen molar-refractivity contribution in [3.63, 3.8) is 0 Å². The fourth-order valence-electron chi connectivity index (χ4n) is 3.57. The standard InChI is InChI=1S/C13H20O3/c1-13(12(15)16-2)10-6-4-3-5-9(10)7-8-11(13)14/h9-10H,3-8H2,1-2H3/t9-,10+,13-/m0/s1. The summed E-state index contributed by atoms with van der Waals surface area (Å²) in [6.07, 6.45) is 6.07. The summed E-state index contributed by atoms with van der Waals surface area (Å²) in [7, 11) is 1.38. The van der Waals surface area contributed by atoms with Crippen LogP contribution in [-0.4, -0.2) is 18.9 Å². The first-order valence-corrected chi connectivity index (χ1v) is 6.22. The van der Waals surface area contributed by atoms with Gasteiger partial charge in [-0.15, -0.1) is 0 Å². The molecule has 3 nitrogen and oxygen atoms in total. The molecule has 90 valence electrons. The zero-order chi connectivity index (χ0) is 11.8. The summed E-state index contributed by atoms with van der Waals surface area (Å²) in [5, 5.41) is 0. The third kappa shape index (κ3) is 1.57.